The molecule has 1 atom stereocenters. The summed E-state index contributed by atoms with van der Waals surface area (Å²) >= 11 is 0. The average Bonchev–Trinajstić information content (AvgIpc) is 2.64. The fraction of sp³-hybridized carbons (Fsp3) is 0.263. The number of ether oxygens (including phenoxy) is 2. The summed E-state index contributed by atoms with van der Waals surface area (Å²) in [5.74, 6) is -1.75. The molecule has 2 N–H and O–H groups in total. The predicted molar refractivity (Wildman–Crippen MR) is 93.0 cm³/mol. The molecule has 28 heavy (non-hydrogen) atoms. The molecule has 2 rings (SSSR count). The number of alkyl halides is 3. The van der Waals surface area contributed by atoms with Gasteiger partial charge in [0, 0.05) is 6.42 Å². The van der Waals surface area contributed by atoms with Crippen LogP contribution in [0.1, 0.15) is 23.6 Å². The van der Waals surface area contributed by atoms with Gasteiger partial charge in [0.25, 0.3) is 0 Å². The highest BCUT2D eigenvalue weighted by Gasteiger charge is 2.32. The molecule has 0 spiro atoms. The van der Waals surface area contributed by atoms with Gasteiger partial charge in [0.1, 0.15) is 11.5 Å². The van der Waals surface area contributed by atoms with Crippen molar-refractivity contribution in [3.05, 3.63) is 59.7 Å². The molecule has 0 aromatic heterocycles. The molecule has 0 aliphatic heterocycles. The Bertz CT molecular complexity index is 821. The number of aryl methyl sites for hydroxylation is 1. The first-order chi connectivity index (χ1) is 13.2. The molecule has 6 nitrogen and oxygen atoms in total. The lowest BCUT2D eigenvalue weighted by atomic mass is 10.1. The molecule has 9 heteroatoms. The van der Waals surface area contributed by atoms with Crippen LogP contribution in [0.2, 0.25) is 0 Å². The lowest BCUT2D eigenvalue weighted by molar-refractivity contribution is -0.274. The Morgan fingerprint density at radius 1 is 1.11 bits per heavy atom. The number of methoxy groups -OCH3 is 1. The summed E-state index contributed by atoms with van der Waals surface area (Å²) in [6, 6.07) is 10.3. The minimum Gasteiger partial charge on any atom is -0.497 e. The quantitative estimate of drug-likeness (QED) is 0.713. The Kier molecular flexibility index (Phi) is 6.86. The third-order valence-electron chi connectivity index (χ3n) is 3.82. The normalized spacial score (nSPS) is 12.1. The number of benzene rings is 2. The maximum atomic E-state index is 12.4. The van der Waals surface area contributed by atoms with Crippen molar-refractivity contribution >= 4 is 11.9 Å². The van der Waals surface area contributed by atoms with Crippen LogP contribution in [0.15, 0.2) is 48.5 Å². The van der Waals surface area contributed by atoms with E-state index in [4.69, 9.17) is 4.74 Å². The Morgan fingerprint density at radius 2 is 1.75 bits per heavy atom. The first-order valence-electron chi connectivity index (χ1n) is 8.19. The summed E-state index contributed by atoms with van der Waals surface area (Å²) in [5.41, 5.74) is 0.522. The van der Waals surface area contributed by atoms with Crippen molar-refractivity contribution in [2.24, 2.45) is 0 Å². The molecular formula is C19H18F3NO5. The van der Waals surface area contributed by atoms with Gasteiger partial charge in [0.05, 0.1) is 7.11 Å². The van der Waals surface area contributed by atoms with Gasteiger partial charge in [-0.25, -0.2) is 4.79 Å². The first kappa shape index (κ1) is 21.1. The van der Waals surface area contributed by atoms with Crippen LogP contribution in [0.4, 0.5) is 13.2 Å². The van der Waals surface area contributed by atoms with Crippen LogP contribution in [-0.4, -0.2) is 30.5 Å². The molecule has 150 valence electrons. The molecule has 1 amide bonds. The SMILES string of the molecule is COc1ccc(C(NC(=O)CCc2ccccc2OC(F)(F)F)C(=O)O)cc1. The van der Waals surface area contributed by atoms with E-state index in [0.717, 1.165) is 6.07 Å². The van der Waals surface area contributed by atoms with E-state index < -0.39 is 30.0 Å². The number of hydrogen-bond donors (Lipinski definition) is 2. The highest BCUT2D eigenvalue weighted by Crippen LogP contribution is 2.27. The van der Waals surface area contributed by atoms with Crippen molar-refractivity contribution in [3.63, 3.8) is 0 Å². The van der Waals surface area contributed by atoms with Gasteiger partial charge < -0.3 is 19.9 Å². The third kappa shape index (κ3) is 6.19. The zero-order valence-electron chi connectivity index (χ0n) is 14.8. The third-order valence-corrected chi connectivity index (χ3v) is 3.82. The molecule has 0 heterocycles. The number of para-hydroxylation sites is 1. The number of nitrogens with one attached hydrogen (secondary N) is 1. The zero-order valence-corrected chi connectivity index (χ0v) is 14.8. The number of carboxylic acids is 1. The van der Waals surface area contributed by atoms with Crippen LogP contribution in [0.3, 0.4) is 0 Å². The monoisotopic (exact) mass is 397 g/mol. The van der Waals surface area contributed by atoms with E-state index in [0.29, 0.717) is 11.3 Å². The van der Waals surface area contributed by atoms with Crippen molar-refractivity contribution in [2.75, 3.05) is 7.11 Å². The molecule has 0 saturated carbocycles. The smallest absolute Gasteiger partial charge is 0.497 e. The Balaban J connectivity index is 2.03. The van der Waals surface area contributed by atoms with Crippen molar-refractivity contribution in [3.8, 4) is 11.5 Å². The highest BCUT2D eigenvalue weighted by molar-refractivity contribution is 5.84. The van der Waals surface area contributed by atoms with Gasteiger partial charge >= 0.3 is 12.3 Å². The van der Waals surface area contributed by atoms with Gasteiger partial charge in [0.2, 0.25) is 5.91 Å². The molecule has 2 aromatic carbocycles. The van der Waals surface area contributed by atoms with E-state index in [2.05, 4.69) is 10.1 Å². The maximum absolute atomic E-state index is 12.4. The van der Waals surface area contributed by atoms with Crippen molar-refractivity contribution in [1.29, 1.82) is 0 Å². The number of amides is 1. The summed E-state index contributed by atoms with van der Waals surface area (Å²) < 4.78 is 46.3. The van der Waals surface area contributed by atoms with Crippen molar-refractivity contribution < 1.29 is 37.3 Å². The largest absolute Gasteiger partial charge is 0.573 e. The molecule has 0 bridgehead atoms. The van der Waals surface area contributed by atoms with Crippen LogP contribution >= 0.6 is 0 Å². The van der Waals surface area contributed by atoms with Crippen LogP contribution in [0.5, 0.6) is 11.5 Å². The molecule has 0 aliphatic carbocycles. The predicted octanol–water partition coefficient (Wildman–Crippen LogP) is 3.47. The second-order valence-electron chi connectivity index (χ2n) is 5.77. The molecular weight excluding hydrogens is 379 g/mol. The van der Waals surface area contributed by atoms with Crippen LogP contribution < -0.4 is 14.8 Å². The first-order valence-corrected chi connectivity index (χ1v) is 8.19. The second-order valence-corrected chi connectivity index (χ2v) is 5.77. The van der Waals surface area contributed by atoms with E-state index in [-0.39, 0.29) is 18.4 Å². The van der Waals surface area contributed by atoms with E-state index in [1.165, 1.54) is 37.4 Å². The molecule has 1 unspecified atom stereocenters. The standard InChI is InChI=1S/C19H18F3NO5/c1-27-14-9-6-13(7-10-14)17(18(25)26)23-16(24)11-8-12-4-2-3-5-15(12)28-19(20,21)22/h2-7,9-10,17H,8,11H2,1H3,(H,23,24)(H,25,26). The second kappa shape index (κ2) is 9.12. The van der Waals surface area contributed by atoms with Gasteiger partial charge in [-0.2, -0.15) is 0 Å². The molecule has 2 aromatic rings. The van der Waals surface area contributed by atoms with Crippen LogP contribution in [0, 0.1) is 0 Å². The summed E-state index contributed by atoms with van der Waals surface area (Å²) in [4.78, 5) is 23.6. The maximum Gasteiger partial charge on any atom is 0.573 e. The molecule has 0 fully saturated rings. The number of carbonyl (C=O) groups excluding carboxylic acids is 1. The average molecular weight is 397 g/mol. The zero-order chi connectivity index (χ0) is 20.7. The lowest BCUT2D eigenvalue weighted by Gasteiger charge is -2.16. The van der Waals surface area contributed by atoms with Gasteiger partial charge in [-0.05, 0) is 35.7 Å². The molecule has 0 aliphatic rings. The summed E-state index contributed by atoms with van der Waals surface area (Å²) in [5, 5.41) is 11.7. The van der Waals surface area contributed by atoms with E-state index in [1.807, 2.05) is 0 Å². The number of aliphatic carboxylic acids is 1. The summed E-state index contributed by atoms with van der Waals surface area (Å²) in [6.07, 6.45) is -5.10. The van der Waals surface area contributed by atoms with Gasteiger partial charge in [-0.3, -0.25) is 4.79 Å². The fourth-order valence-corrected chi connectivity index (χ4v) is 2.50. The van der Waals surface area contributed by atoms with E-state index >= 15 is 0 Å². The Morgan fingerprint density at radius 3 is 2.32 bits per heavy atom. The minimum absolute atomic E-state index is 0.0486. The molecule has 0 saturated heterocycles. The highest BCUT2D eigenvalue weighted by atomic mass is 19.4. The number of hydrogen-bond acceptors (Lipinski definition) is 4. The number of carboxylic acid groups (broad SMARTS) is 1. The van der Waals surface area contributed by atoms with Crippen LogP contribution in [0.25, 0.3) is 0 Å². The van der Waals surface area contributed by atoms with Gasteiger partial charge in [-0.15, -0.1) is 13.2 Å². The number of halogens is 3. The lowest BCUT2D eigenvalue weighted by Crippen LogP contribution is -2.33. The Hall–Kier alpha value is -3.23. The summed E-state index contributed by atoms with van der Waals surface area (Å²) in [7, 11) is 1.46. The fourth-order valence-electron chi connectivity index (χ4n) is 2.50. The number of carbonyl (C=O) groups is 2. The van der Waals surface area contributed by atoms with Crippen LogP contribution in [-0.2, 0) is 16.0 Å². The van der Waals surface area contributed by atoms with E-state index in [1.54, 1.807) is 12.1 Å². The van der Waals surface area contributed by atoms with Gasteiger partial charge in [-0.1, -0.05) is 30.3 Å². The van der Waals surface area contributed by atoms with E-state index in [9.17, 15) is 27.9 Å². The van der Waals surface area contributed by atoms with Gasteiger partial charge in [0.15, 0.2) is 6.04 Å². The molecule has 0 radical (unpaired) electrons. The summed E-state index contributed by atoms with van der Waals surface area (Å²) in [6.45, 7) is 0. The van der Waals surface area contributed by atoms with Crippen molar-refractivity contribution in [1.82, 2.24) is 5.32 Å². The topological polar surface area (TPSA) is 84.9 Å². The Labute approximate surface area is 158 Å². The minimum atomic E-state index is -4.85. The number of rotatable bonds is 8. The van der Waals surface area contributed by atoms with Crippen molar-refractivity contribution in [2.45, 2.75) is 25.2 Å².